The van der Waals surface area contributed by atoms with Crippen LogP contribution >= 0.6 is 39.9 Å². The molecule has 0 saturated carbocycles. The quantitative estimate of drug-likeness (QED) is 0.346. The fraction of sp³-hybridized carbons (Fsp3) is 0.444. The molecule has 26 heavy (non-hydrogen) atoms. The highest BCUT2D eigenvalue weighted by Gasteiger charge is 2.14. The minimum Gasteiger partial charge on any atom is -0.354 e. The number of aryl methyl sites for hydroxylation is 2. The first kappa shape index (κ1) is 22.9. The predicted molar refractivity (Wildman–Crippen MR) is 119 cm³/mol. The highest BCUT2D eigenvalue weighted by atomic mass is 127. The van der Waals surface area contributed by atoms with Crippen molar-refractivity contribution in [3.05, 3.63) is 51.0 Å². The van der Waals surface area contributed by atoms with Crippen LogP contribution in [0.15, 0.2) is 27.7 Å². The molecule has 2 aromatic rings. The predicted octanol–water partition coefficient (Wildman–Crippen LogP) is 3.85. The molecule has 1 unspecified atom stereocenters. The Morgan fingerprint density at radius 3 is 2.62 bits per heavy atom. The normalized spacial score (nSPS) is 12.5. The van der Waals surface area contributed by atoms with Gasteiger partial charge in [-0.15, -0.1) is 24.0 Å². The molecule has 2 rings (SSSR count). The Balaban J connectivity index is 0.00000338. The topological polar surface area (TPSA) is 54.2 Å². The van der Waals surface area contributed by atoms with Crippen molar-refractivity contribution >= 4 is 45.9 Å². The summed E-state index contributed by atoms with van der Waals surface area (Å²) in [5, 5.41) is 11.0. The van der Waals surface area contributed by atoms with Gasteiger partial charge in [-0.2, -0.15) is 5.10 Å². The number of halogens is 3. The van der Waals surface area contributed by atoms with Crippen molar-refractivity contribution in [2.45, 2.75) is 39.8 Å². The maximum Gasteiger partial charge on any atom is 0.191 e. The molecular formula is C18H26BrFIN5. The lowest BCUT2D eigenvalue weighted by molar-refractivity contribution is 0.599. The number of hydrogen-bond acceptors (Lipinski definition) is 2. The van der Waals surface area contributed by atoms with Crippen LogP contribution in [0.1, 0.15) is 29.4 Å². The first-order chi connectivity index (χ1) is 11.8. The average Bonchev–Trinajstić information content (AvgIpc) is 2.79. The van der Waals surface area contributed by atoms with Gasteiger partial charge in [-0.25, -0.2) is 4.39 Å². The first-order valence-electron chi connectivity index (χ1n) is 8.22. The van der Waals surface area contributed by atoms with Crippen LogP contribution in [0.2, 0.25) is 0 Å². The zero-order chi connectivity index (χ0) is 18.6. The van der Waals surface area contributed by atoms with Crippen LogP contribution in [-0.4, -0.2) is 28.8 Å². The van der Waals surface area contributed by atoms with Crippen molar-refractivity contribution in [2.75, 3.05) is 7.05 Å². The molecule has 1 aromatic carbocycles. The number of nitrogens with zero attached hydrogens (tertiary/aromatic N) is 3. The molecular weight excluding hydrogens is 512 g/mol. The number of benzene rings is 1. The van der Waals surface area contributed by atoms with Gasteiger partial charge in [-0.1, -0.05) is 22.0 Å². The summed E-state index contributed by atoms with van der Waals surface area (Å²) in [4.78, 5) is 4.22. The zero-order valence-electron chi connectivity index (χ0n) is 15.7. The van der Waals surface area contributed by atoms with E-state index in [1.807, 2.05) is 24.7 Å². The summed E-state index contributed by atoms with van der Waals surface area (Å²) in [5.74, 6) is 0.404. The Hall–Kier alpha value is -1.16. The SMILES string of the molecule is CN=C(NCc1ccc(Br)cc1F)NC(C)Cc1c(C)nn(C)c1C.I. The molecule has 0 bridgehead atoms. The van der Waals surface area contributed by atoms with E-state index >= 15 is 0 Å². The highest BCUT2D eigenvalue weighted by molar-refractivity contribution is 14.0. The molecule has 0 spiro atoms. The van der Waals surface area contributed by atoms with Gasteiger partial charge in [0.15, 0.2) is 5.96 Å². The summed E-state index contributed by atoms with van der Waals surface area (Å²) in [6.07, 6.45) is 0.846. The third-order valence-electron chi connectivity index (χ3n) is 4.24. The minimum atomic E-state index is -0.244. The van der Waals surface area contributed by atoms with E-state index < -0.39 is 0 Å². The number of guanidine groups is 1. The van der Waals surface area contributed by atoms with Crippen LogP contribution in [0.3, 0.4) is 0 Å². The third kappa shape index (κ3) is 5.94. The van der Waals surface area contributed by atoms with Gasteiger partial charge in [0, 0.05) is 42.4 Å². The lowest BCUT2D eigenvalue weighted by Crippen LogP contribution is -2.42. The highest BCUT2D eigenvalue weighted by Crippen LogP contribution is 2.15. The Morgan fingerprint density at radius 1 is 1.38 bits per heavy atom. The van der Waals surface area contributed by atoms with Crippen molar-refractivity contribution in [3.63, 3.8) is 0 Å². The van der Waals surface area contributed by atoms with Crippen molar-refractivity contribution in [2.24, 2.45) is 12.0 Å². The fourth-order valence-electron chi connectivity index (χ4n) is 2.74. The van der Waals surface area contributed by atoms with Gasteiger partial charge in [-0.3, -0.25) is 9.67 Å². The van der Waals surface area contributed by atoms with E-state index in [-0.39, 0.29) is 35.8 Å². The van der Waals surface area contributed by atoms with Gasteiger partial charge in [0.1, 0.15) is 5.82 Å². The zero-order valence-corrected chi connectivity index (χ0v) is 19.6. The average molecular weight is 538 g/mol. The first-order valence-corrected chi connectivity index (χ1v) is 9.01. The summed E-state index contributed by atoms with van der Waals surface area (Å²) >= 11 is 3.26. The van der Waals surface area contributed by atoms with E-state index in [2.05, 4.69) is 50.5 Å². The van der Waals surface area contributed by atoms with Crippen LogP contribution in [0.4, 0.5) is 4.39 Å². The van der Waals surface area contributed by atoms with Crippen molar-refractivity contribution < 1.29 is 4.39 Å². The number of rotatable bonds is 5. The Kier molecular flexibility index (Phi) is 9.02. The maximum atomic E-state index is 13.9. The van der Waals surface area contributed by atoms with Gasteiger partial charge >= 0.3 is 0 Å². The summed E-state index contributed by atoms with van der Waals surface area (Å²) < 4.78 is 16.5. The van der Waals surface area contributed by atoms with E-state index in [1.54, 1.807) is 13.1 Å². The number of aromatic nitrogens is 2. The van der Waals surface area contributed by atoms with Crippen molar-refractivity contribution in [3.8, 4) is 0 Å². The second-order valence-electron chi connectivity index (χ2n) is 6.18. The summed E-state index contributed by atoms with van der Waals surface area (Å²) in [6.45, 7) is 6.57. The van der Waals surface area contributed by atoms with Crippen LogP contribution in [0.25, 0.3) is 0 Å². The maximum absolute atomic E-state index is 13.9. The smallest absolute Gasteiger partial charge is 0.191 e. The van der Waals surface area contributed by atoms with E-state index in [9.17, 15) is 4.39 Å². The van der Waals surface area contributed by atoms with Gasteiger partial charge in [0.2, 0.25) is 0 Å². The molecule has 1 atom stereocenters. The molecule has 0 aliphatic carbocycles. The molecule has 5 nitrogen and oxygen atoms in total. The van der Waals surface area contributed by atoms with Crippen LogP contribution < -0.4 is 10.6 Å². The Labute approximate surface area is 180 Å². The van der Waals surface area contributed by atoms with Gasteiger partial charge in [-0.05, 0) is 44.9 Å². The number of aliphatic imine (C=N–C) groups is 1. The molecule has 0 aliphatic rings. The molecule has 0 radical (unpaired) electrons. The third-order valence-corrected chi connectivity index (χ3v) is 4.73. The van der Waals surface area contributed by atoms with Gasteiger partial charge in [0.05, 0.1) is 5.69 Å². The molecule has 0 amide bonds. The van der Waals surface area contributed by atoms with Crippen molar-refractivity contribution in [1.29, 1.82) is 0 Å². The van der Waals surface area contributed by atoms with Gasteiger partial charge in [0.25, 0.3) is 0 Å². The molecule has 2 N–H and O–H groups in total. The lowest BCUT2D eigenvalue weighted by atomic mass is 10.1. The van der Waals surface area contributed by atoms with Crippen molar-refractivity contribution in [1.82, 2.24) is 20.4 Å². The van der Waals surface area contributed by atoms with Gasteiger partial charge < -0.3 is 10.6 Å². The largest absolute Gasteiger partial charge is 0.354 e. The summed E-state index contributed by atoms with van der Waals surface area (Å²) in [5.41, 5.74) is 4.06. The number of nitrogens with one attached hydrogen (secondary N) is 2. The second-order valence-corrected chi connectivity index (χ2v) is 7.10. The minimum absolute atomic E-state index is 0. The Morgan fingerprint density at radius 2 is 2.08 bits per heavy atom. The summed E-state index contributed by atoms with van der Waals surface area (Å²) in [6, 6.07) is 5.21. The molecule has 0 aliphatic heterocycles. The van der Waals surface area contributed by atoms with Crippen LogP contribution in [0, 0.1) is 19.7 Å². The van der Waals surface area contributed by atoms with Crippen LogP contribution in [-0.2, 0) is 20.0 Å². The standard InChI is InChI=1S/C18H25BrFN5.HI/c1-11(8-16-12(2)24-25(5)13(16)3)23-18(21-4)22-10-14-6-7-15(19)9-17(14)20;/h6-7,9,11H,8,10H2,1-5H3,(H2,21,22,23);1H. The van der Waals surface area contributed by atoms with E-state index in [0.717, 1.165) is 16.6 Å². The molecule has 0 fully saturated rings. The van der Waals surface area contributed by atoms with E-state index in [4.69, 9.17) is 0 Å². The second kappa shape index (κ2) is 10.2. The fourth-order valence-corrected chi connectivity index (χ4v) is 3.08. The van der Waals surface area contributed by atoms with E-state index in [0.29, 0.717) is 18.1 Å². The lowest BCUT2D eigenvalue weighted by Gasteiger charge is -2.18. The van der Waals surface area contributed by atoms with Crippen LogP contribution in [0.5, 0.6) is 0 Å². The molecule has 1 aromatic heterocycles. The molecule has 0 saturated heterocycles. The van der Waals surface area contributed by atoms with E-state index in [1.165, 1.54) is 17.3 Å². The molecule has 1 heterocycles. The monoisotopic (exact) mass is 537 g/mol. The number of hydrogen-bond donors (Lipinski definition) is 2. The molecule has 144 valence electrons. The summed E-state index contributed by atoms with van der Waals surface area (Å²) in [7, 11) is 3.66. The Bertz CT molecular complexity index is 775. The molecule has 8 heteroatoms.